The molecule has 2 nitrogen and oxygen atoms in total. The van der Waals surface area contributed by atoms with Gasteiger partial charge >= 0.3 is 0 Å². The van der Waals surface area contributed by atoms with E-state index >= 15 is 0 Å². The molecule has 2 aromatic carbocycles. The van der Waals surface area contributed by atoms with Crippen LogP contribution in [-0.4, -0.2) is 4.57 Å². The fourth-order valence-electron chi connectivity index (χ4n) is 6.15. The number of aryl methyl sites for hydroxylation is 1. The number of unbranched alkanes of at least 4 members (excludes halogenated alkanes) is 10. The van der Waals surface area contributed by atoms with Crippen LogP contribution in [0.4, 0.5) is 0 Å². The van der Waals surface area contributed by atoms with Gasteiger partial charge in [-0.2, -0.15) is 0 Å². The molecule has 2 atom stereocenters. The summed E-state index contributed by atoms with van der Waals surface area (Å²) in [5.41, 5.74) is 2.91. The van der Waals surface area contributed by atoms with Crippen molar-refractivity contribution in [3.63, 3.8) is 0 Å². The minimum atomic E-state index is 0.536. The third kappa shape index (κ3) is 11.3. The maximum absolute atomic E-state index is 2.61. The van der Waals surface area contributed by atoms with Crippen molar-refractivity contribution in [2.45, 2.75) is 142 Å². The topological polar surface area (TPSA) is 8.81 Å². The number of hydrogen-bond acceptors (Lipinski definition) is 0. The maximum atomic E-state index is 2.61. The van der Waals surface area contributed by atoms with Gasteiger partial charge in [-0.05, 0) is 56.1 Å². The number of imidazole rings is 1. The Balaban J connectivity index is 1.52. The summed E-state index contributed by atoms with van der Waals surface area (Å²) in [5, 5.41) is 0. The fourth-order valence-corrected chi connectivity index (χ4v) is 6.15. The number of nitrogens with zero attached hydrogens (tertiary/aromatic N) is 2. The normalized spacial score (nSPS) is 13.0. The standard InChI is InChI=1S/C37H57N2/c1-4-6-7-8-9-10-11-12-13-14-17-22-33(3)39-31-30-38(29-5-2)37(39)28-27-36(35-25-20-16-21-26-35)32-34-23-18-15-19-24-34/h15-16,18-21,23-26,30-31,33,36H,4-14,17,22,27-29,32H2,1-3H3/q+1. The number of rotatable bonds is 21. The Kier molecular flexibility index (Phi) is 15.1. The van der Waals surface area contributed by atoms with E-state index in [0.717, 1.165) is 19.4 Å². The van der Waals surface area contributed by atoms with E-state index in [1.54, 1.807) is 0 Å². The van der Waals surface area contributed by atoms with E-state index in [9.17, 15) is 0 Å². The second kappa shape index (κ2) is 18.9. The second-order valence-corrected chi connectivity index (χ2v) is 11.8. The van der Waals surface area contributed by atoms with Crippen molar-refractivity contribution in [3.8, 4) is 0 Å². The van der Waals surface area contributed by atoms with Crippen LogP contribution >= 0.6 is 0 Å². The van der Waals surface area contributed by atoms with Gasteiger partial charge in [0.25, 0.3) is 5.82 Å². The molecule has 3 aromatic rings. The Hall–Kier alpha value is -2.35. The largest absolute Gasteiger partial charge is 0.256 e. The van der Waals surface area contributed by atoms with Crippen LogP contribution in [0.3, 0.4) is 0 Å². The van der Waals surface area contributed by atoms with Gasteiger partial charge in [-0.1, -0.05) is 139 Å². The van der Waals surface area contributed by atoms with Crippen molar-refractivity contribution in [1.82, 2.24) is 4.57 Å². The lowest BCUT2D eigenvalue weighted by atomic mass is 9.88. The van der Waals surface area contributed by atoms with Crippen LogP contribution in [0.15, 0.2) is 73.1 Å². The van der Waals surface area contributed by atoms with Crippen molar-refractivity contribution in [2.24, 2.45) is 0 Å². The molecule has 214 valence electrons. The zero-order valence-electron chi connectivity index (χ0n) is 25.5. The highest BCUT2D eigenvalue weighted by Gasteiger charge is 2.23. The maximum Gasteiger partial charge on any atom is 0.256 e. The summed E-state index contributed by atoms with van der Waals surface area (Å²) in [6, 6.07) is 22.8. The van der Waals surface area contributed by atoms with Gasteiger partial charge in [-0.3, -0.25) is 0 Å². The van der Waals surface area contributed by atoms with E-state index in [-0.39, 0.29) is 0 Å². The predicted octanol–water partition coefficient (Wildman–Crippen LogP) is 10.4. The van der Waals surface area contributed by atoms with Crippen molar-refractivity contribution in [2.75, 3.05) is 0 Å². The highest BCUT2D eigenvalue weighted by molar-refractivity contribution is 5.24. The van der Waals surface area contributed by atoms with Gasteiger partial charge in [0.2, 0.25) is 0 Å². The van der Waals surface area contributed by atoms with Crippen molar-refractivity contribution in [1.29, 1.82) is 0 Å². The van der Waals surface area contributed by atoms with E-state index in [1.165, 1.54) is 107 Å². The molecule has 0 amide bonds. The van der Waals surface area contributed by atoms with Gasteiger partial charge in [-0.15, -0.1) is 0 Å². The Morgan fingerprint density at radius 1 is 0.667 bits per heavy atom. The van der Waals surface area contributed by atoms with Crippen molar-refractivity contribution >= 4 is 0 Å². The third-order valence-electron chi connectivity index (χ3n) is 8.51. The molecule has 0 fully saturated rings. The summed E-state index contributed by atoms with van der Waals surface area (Å²) < 4.78 is 5.14. The molecule has 2 heteroatoms. The molecule has 0 aliphatic heterocycles. The lowest BCUT2D eigenvalue weighted by Crippen LogP contribution is -2.37. The molecule has 3 rings (SSSR count). The molecule has 0 N–H and O–H groups in total. The number of hydrogen-bond donors (Lipinski definition) is 0. The Morgan fingerprint density at radius 2 is 1.26 bits per heavy atom. The molecule has 0 bridgehead atoms. The van der Waals surface area contributed by atoms with Crippen LogP contribution in [0.1, 0.15) is 140 Å². The third-order valence-corrected chi connectivity index (χ3v) is 8.51. The Labute approximate surface area is 240 Å². The van der Waals surface area contributed by atoms with Crippen LogP contribution in [0.2, 0.25) is 0 Å². The highest BCUT2D eigenvalue weighted by Crippen LogP contribution is 2.27. The summed E-state index contributed by atoms with van der Waals surface area (Å²) in [6.45, 7) is 8.15. The monoisotopic (exact) mass is 529 g/mol. The molecule has 1 heterocycles. The van der Waals surface area contributed by atoms with Gasteiger partial charge in [0.15, 0.2) is 0 Å². The molecule has 0 aliphatic carbocycles. The van der Waals surface area contributed by atoms with Crippen LogP contribution in [0.25, 0.3) is 0 Å². The smallest absolute Gasteiger partial charge is 0.234 e. The molecular weight excluding hydrogens is 472 g/mol. The van der Waals surface area contributed by atoms with E-state index in [0.29, 0.717) is 12.0 Å². The first-order chi connectivity index (χ1) is 19.2. The van der Waals surface area contributed by atoms with Crippen molar-refractivity contribution < 1.29 is 4.57 Å². The first-order valence-electron chi connectivity index (χ1n) is 16.4. The van der Waals surface area contributed by atoms with Gasteiger partial charge < -0.3 is 0 Å². The average Bonchev–Trinajstić information content (AvgIpc) is 3.37. The van der Waals surface area contributed by atoms with Gasteiger partial charge in [0, 0.05) is 6.42 Å². The lowest BCUT2D eigenvalue weighted by molar-refractivity contribution is -0.704. The summed E-state index contributed by atoms with van der Waals surface area (Å²) in [6.07, 6.45) is 26.1. The molecule has 0 saturated carbocycles. The summed E-state index contributed by atoms with van der Waals surface area (Å²) >= 11 is 0. The van der Waals surface area contributed by atoms with E-state index in [4.69, 9.17) is 0 Å². The number of benzene rings is 2. The highest BCUT2D eigenvalue weighted by atomic mass is 15.2. The molecule has 0 radical (unpaired) electrons. The molecule has 0 aliphatic rings. The van der Waals surface area contributed by atoms with Crippen LogP contribution in [-0.2, 0) is 19.4 Å². The predicted molar refractivity (Wildman–Crippen MR) is 168 cm³/mol. The first kappa shape index (κ1) is 31.2. The van der Waals surface area contributed by atoms with Crippen LogP contribution < -0.4 is 4.57 Å². The quantitative estimate of drug-likeness (QED) is 0.0958. The molecule has 2 unspecified atom stereocenters. The minimum Gasteiger partial charge on any atom is -0.234 e. The molecule has 39 heavy (non-hydrogen) atoms. The molecular formula is C37H57N2+. The van der Waals surface area contributed by atoms with Gasteiger partial charge in [-0.25, -0.2) is 9.13 Å². The summed E-state index contributed by atoms with van der Waals surface area (Å²) in [5.74, 6) is 2.05. The number of aromatic nitrogens is 2. The first-order valence-corrected chi connectivity index (χ1v) is 16.4. The lowest BCUT2D eigenvalue weighted by Gasteiger charge is -2.18. The zero-order chi connectivity index (χ0) is 27.5. The SMILES string of the molecule is CCCCCCCCCCCCCC(C)n1cc[n+](CCC)c1CCC(Cc1ccccc1)c1ccccc1. The second-order valence-electron chi connectivity index (χ2n) is 11.8. The average molecular weight is 530 g/mol. The summed E-state index contributed by atoms with van der Waals surface area (Å²) in [4.78, 5) is 0. The minimum absolute atomic E-state index is 0.536. The fraction of sp³-hybridized carbons (Fsp3) is 0.595. The summed E-state index contributed by atoms with van der Waals surface area (Å²) in [7, 11) is 0. The van der Waals surface area contributed by atoms with E-state index in [2.05, 4.69) is 103 Å². The molecule has 0 saturated heterocycles. The van der Waals surface area contributed by atoms with Crippen LogP contribution in [0, 0.1) is 0 Å². The molecule has 1 aromatic heterocycles. The Morgan fingerprint density at radius 3 is 1.87 bits per heavy atom. The Bertz CT molecular complexity index is 991. The van der Waals surface area contributed by atoms with Gasteiger partial charge in [0.1, 0.15) is 12.4 Å². The molecule has 0 spiro atoms. The van der Waals surface area contributed by atoms with E-state index < -0.39 is 0 Å². The van der Waals surface area contributed by atoms with Crippen molar-refractivity contribution in [3.05, 3.63) is 90.0 Å². The van der Waals surface area contributed by atoms with Gasteiger partial charge in [0.05, 0.1) is 12.6 Å². The zero-order valence-corrected chi connectivity index (χ0v) is 25.5. The van der Waals surface area contributed by atoms with Crippen LogP contribution in [0.5, 0.6) is 0 Å². The van der Waals surface area contributed by atoms with E-state index in [1.807, 2.05) is 0 Å².